The van der Waals surface area contributed by atoms with Crippen molar-refractivity contribution in [1.82, 2.24) is 10.2 Å². The molecule has 0 aliphatic carbocycles. The Hall–Kier alpha value is -0.580. The van der Waals surface area contributed by atoms with Crippen molar-refractivity contribution in [3.8, 4) is 0 Å². The fraction of sp³-hybridized carbons (Fsp3) is 0.562. The number of hydrogen-bond acceptors (Lipinski definition) is 2. The number of amides is 1. The zero-order valence-corrected chi connectivity index (χ0v) is 14.7. The van der Waals surface area contributed by atoms with Crippen molar-refractivity contribution >= 4 is 33.4 Å². The second-order valence-corrected chi connectivity index (χ2v) is 6.73. The lowest BCUT2D eigenvalue weighted by Crippen LogP contribution is -2.41. The first-order valence-electron chi connectivity index (χ1n) is 7.60. The molecule has 0 aromatic heterocycles. The zero-order chi connectivity index (χ0) is 15.2. The summed E-state index contributed by atoms with van der Waals surface area (Å²) < 4.78 is 0.768. The summed E-state index contributed by atoms with van der Waals surface area (Å²) in [7, 11) is 0. The van der Waals surface area contributed by atoms with Crippen LogP contribution >= 0.6 is 27.5 Å². The fourth-order valence-electron chi connectivity index (χ4n) is 2.64. The van der Waals surface area contributed by atoms with Gasteiger partial charge in [-0.2, -0.15) is 0 Å². The fourth-order valence-corrected chi connectivity index (χ4v) is 3.22. The first-order chi connectivity index (χ1) is 10.1. The maximum atomic E-state index is 12.8. The summed E-state index contributed by atoms with van der Waals surface area (Å²) in [6.45, 7) is 4.75. The number of unbranched alkanes of at least 4 members (excludes halogenated alkanes) is 1. The van der Waals surface area contributed by atoms with E-state index in [1.165, 1.54) is 6.42 Å². The minimum atomic E-state index is 0.0310. The molecule has 0 spiro atoms. The van der Waals surface area contributed by atoms with Crippen LogP contribution < -0.4 is 5.32 Å². The lowest BCUT2D eigenvalue weighted by molar-refractivity contribution is 0.0739. The maximum absolute atomic E-state index is 12.8. The van der Waals surface area contributed by atoms with Crippen molar-refractivity contribution < 1.29 is 4.79 Å². The predicted octanol–water partition coefficient (Wildman–Crippen LogP) is 4.10. The molecule has 1 fully saturated rings. The number of halogens is 2. The van der Waals surface area contributed by atoms with Crippen LogP contribution in [0.4, 0.5) is 0 Å². The van der Waals surface area contributed by atoms with Gasteiger partial charge in [0.2, 0.25) is 0 Å². The highest BCUT2D eigenvalue weighted by Gasteiger charge is 2.23. The van der Waals surface area contributed by atoms with Crippen LogP contribution in [-0.2, 0) is 0 Å². The molecule has 1 amide bonds. The Morgan fingerprint density at radius 3 is 3.00 bits per heavy atom. The average Bonchev–Trinajstić information content (AvgIpc) is 2.98. The first-order valence-corrected chi connectivity index (χ1v) is 8.77. The van der Waals surface area contributed by atoms with Crippen molar-refractivity contribution in [3.63, 3.8) is 0 Å². The van der Waals surface area contributed by atoms with Crippen LogP contribution in [0.15, 0.2) is 22.7 Å². The third-order valence-corrected chi connectivity index (χ3v) is 5.15. The molecule has 1 aromatic carbocycles. The number of rotatable bonds is 6. The molecule has 1 atom stereocenters. The highest BCUT2D eigenvalue weighted by Crippen LogP contribution is 2.27. The van der Waals surface area contributed by atoms with Gasteiger partial charge in [0.15, 0.2) is 0 Å². The Bertz CT molecular complexity index is 489. The highest BCUT2D eigenvalue weighted by molar-refractivity contribution is 9.10. The number of benzene rings is 1. The van der Waals surface area contributed by atoms with Gasteiger partial charge >= 0.3 is 0 Å². The van der Waals surface area contributed by atoms with E-state index in [-0.39, 0.29) is 5.91 Å². The molecule has 1 aromatic rings. The van der Waals surface area contributed by atoms with Crippen LogP contribution in [0.25, 0.3) is 0 Å². The molecule has 1 N–H and O–H groups in total. The van der Waals surface area contributed by atoms with Gasteiger partial charge in [-0.25, -0.2) is 0 Å². The minimum absolute atomic E-state index is 0.0310. The van der Waals surface area contributed by atoms with Crippen molar-refractivity contribution in [2.45, 2.75) is 38.6 Å². The van der Waals surface area contributed by atoms with Gasteiger partial charge < -0.3 is 10.2 Å². The average molecular weight is 374 g/mol. The van der Waals surface area contributed by atoms with Crippen molar-refractivity contribution in [1.29, 1.82) is 0 Å². The van der Waals surface area contributed by atoms with E-state index in [1.54, 1.807) is 6.07 Å². The van der Waals surface area contributed by atoms with Crippen LogP contribution in [0.3, 0.4) is 0 Å². The number of carbonyl (C=O) groups excluding carboxylic acids is 1. The van der Waals surface area contributed by atoms with Gasteiger partial charge in [-0.05, 0) is 53.9 Å². The summed E-state index contributed by atoms with van der Waals surface area (Å²) in [5.41, 5.74) is 0.583. The summed E-state index contributed by atoms with van der Waals surface area (Å²) in [6, 6.07) is 5.93. The summed E-state index contributed by atoms with van der Waals surface area (Å²) in [6.07, 6.45) is 4.43. The predicted molar refractivity (Wildman–Crippen MR) is 91.0 cm³/mol. The van der Waals surface area contributed by atoms with Crippen LogP contribution in [0, 0.1) is 0 Å². The van der Waals surface area contributed by atoms with E-state index in [9.17, 15) is 4.79 Å². The van der Waals surface area contributed by atoms with Gasteiger partial charge in [-0.3, -0.25) is 4.79 Å². The van der Waals surface area contributed by atoms with Crippen molar-refractivity contribution in [3.05, 3.63) is 33.3 Å². The Morgan fingerprint density at radius 1 is 1.52 bits per heavy atom. The van der Waals surface area contributed by atoms with E-state index < -0.39 is 0 Å². The molecule has 0 radical (unpaired) electrons. The summed E-state index contributed by atoms with van der Waals surface area (Å²) in [4.78, 5) is 14.7. The molecule has 1 heterocycles. The van der Waals surface area contributed by atoms with Crippen LogP contribution in [0.1, 0.15) is 43.0 Å². The van der Waals surface area contributed by atoms with Gasteiger partial charge in [0.25, 0.3) is 5.91 Å². The Labute approximate surface area is 140 Å². The molecule has 1 aliphatic rings. The number of nitrogens with zero attached hydrogens (tertiary/aromatic N) is 1. The molecule has 0 bridgehead atoms. The SMILES string of the molecule is CCCCN(CC1CCCN1)C(=O)c1cccc(Br)c1Cl. The van der Waals surface area contributed by atoms with Gasteiger partial charge in [-0.15, -0.1) is 0 Å². The van der Waals surface area contributed by atoms with E-state index in [4.69, 9.17) is 11.6 Å². The van der Waals surface area contributed by atoms with E-state index in [1.807, 2.05) is 17.0 Å². The van der Waals surface area contributed by atoms with Crippen molar-refractivity contribution in [2.75, 3.05) is 19.6 Å². The molecule has 2 rings (SSSR count). The molecular formula is C16H22BrClN2O. The molecule has 3 nitrogen and oxygen atoms in total. The molecule has 0 saturated carbocycles. The van der Waals surface area contributed by atoms with Gasteiger partial charge in [0, 0.05) is 23.6 Å². The normalized spacial score (nSPS) is 18.0. The van der Waals surface area contributed by atoms with E-state index in [2.05, 4.69) is 28.2 Å². The Kier molecular flexibility index (Phi) is 6.52. The quantitative estimate of drug-likeness (QED) is 0.814. The van der Waals surface area contributed by atoms with E-state index >= 15 is 0 Å². The van der Waals surface area contributed by atoms with Gasteiger partial charge in [0.05, 0.1) is 10.6 Å². The molecule has 1 aliphatic heterocycles. The number of nitrogens with one attached hydrogen (secondary N) is 1. The second-order valence-electron chi connectivity index (χ2n) is 5.50. The lowest BCUT2D eigenvalue weighted by Gasteiger charge is -2.26. The third-order valence-electron chi connectivity index (χ3n) is 3.85. The second kappa shape index (κ2) is 8.16. The van der Waals surface area contributed by atoms with Crippen LogP contribution in [0.5, 0.6) is 0 Å². The monoisotopic (exact) mass is 372 g/mol. The molecular weight excluding hydrogens is 352 g/mol. The van der Waals surface area contributed by atoms with Crippen molar-refractivity contribution in [2.24, 2.45) is 0 Å². The van der Waals surface area contributed by atoms with Crippen LogP contribution in [-0.4, -0.2) is 36.5 Å². The maximum Gasteiger partial charge on any atom is 0.255 e. The first kappa shape index (κ1) is 16.8. The van der Waals surface area contributed by atoms with Crippen LogP contribution in [0.2, 0.25) is 5.02 Å². The Balaban J connectivity index is 2.13. The molecule has 5 heteroatoms. The third kappa shape index (κ3) is 4.44. The smallest absolute Gasteiger partial charge is 0.255 e. The molecule has 21 heavy (non-hydrogen) atoms. The summed E-state index contributed by atoms with van der Waals surface area (Å²) in [5.74, 6) is 0.0310. The molecule has 1 saturated heterocycles. The topological polar surface area (TPSA) is 32.3 Å². The molecule has 116 valence electrons. The van der Waals surface area contributed by atoms with E-state index in [0.717, 1.165) is 43.4 Å². The Morgan fingerprint density at radius 2 is 2.33 bits per heavy atom. The number of hydrogen-bond donors (Lipinski definition) is 1. The highest BCUT2D eigenvalue weighted by atomic mass is 79.9. The van der Waals surface area contributed by atoms with E-state index in [0.29, 0.717) is 16.6 Å². The molecule has 1 unspecified atom stereocenters. The summed E-state index contributed by atoms with van der Waals surface area (Å²) in [5, 5.41) is 3.96. The largest absolute Gasteiger partial charge is 0.337 e. The van der Waals surface area contributed by atoms with Gasteiger partial charge in [-0.1, -0.05) is 31.0 Å². The number of carbonyl (C=O) groups is 1. The summed E-state index contributed by atoms with van der Waals surface area (Å²) >= 11 is 9.66. The lowest BCUT2D eigenvalue weighted by atomic mass is 10.1. The van der Waals surface area contributed by atoms with Gasteiger partial charge in [0.1, 0.15) is 0 Å². The standard InChI is InChI=1S/C16H22BrClN2O/c1-2-3-10-20(11-12-6-5-9-19-12)16(21)13-7-4-8-14(17)15(13)18/h4,7-8,12,19H,2-3,5-6,9-11H2,1H3. The minimum Gasteiger partial charge on any atom is -0.337 e. The zero-order valence-electron chi connectivity index (χ0n) is 12.4.